The van der Waals surface area contributed by atoms with Gasteiger partial charge in [-0.25, -0.2) is 4.98 Å². The van der Waals surface area contributed by atoms with Gasteiger partial charge < -0.3 is 15.1 Å². The van der Waals surface area contributed by atoms with Crippen molar-refractivity contribution >= 4 is 5.96 Å². The van der Waals surface area contributed by atoms with E-state index < -0.39 is 0 Å². The molecule has 0 fully saturated rings. The molecule has 7 heteroatoms. The number of nitrogens with zero attached hydrogens (tertiary/aromatic N) is 4. The smallest absolute Gasteiger partial charge is 0.226 e. The van der Waals surface area contributed by atoms with E-state index in [4.69, 9.17) is 4.42 Å². The number of hydrogen-bond donors (Lipinski definition) is 2. The Morgan fingerprint density at radius 3 is 2.78 bits per heavy atom. The van der Waals surface area contributed by atoms with Crippen molar-refractivity contribution in [2.75, 3.05) is 13.6 Å². The molecule has 0 aliphatic heterocycles. The number of benzene rings is 1. The topological polar surface area (TPSA) is 80.3 Å². The maximum absolute atomic E-state index is 5.59. The predicted molar refractivity (Wildman–Crippen MR) is 106 cm³/mol. The first-order valence-electron chi connectivity index (χ1n) is 9.07. The van der Waals surface area contributed by atoms with Crippen molar-refractivity contribution in [3.8, 4) is 11.5 Å². The molecule has 27 heavy (non-hydrogen) atoms. The summed E-state index contributed by atoms with van der Waals surface area (Å²) in [6.07, 6.45) is 5.44. The van der Waals surface area contributed by atoms with Crippen molar-refractivity contribution in [3.63, 3.8) is 0 Å². The van der Waals surface area contributed by atoms with E-state index in [1.165, 1.54) is 5.56 Å². The third kappa shape index (κ3) is 5.44. The van der Waals surface area contributed by atoms with E-state index in [2.05, 4.69) is 39.6 Å². The van der Waals surface area contributed by atoms with Crippen LogP contribution in [0.4, 0.5) is 0 Å². The largest absolute Gasteiger partial charge is 0.444 e. The highest BCUT2D eigenvalue weighted by molar-refractivity contribution is 5.79. The van der Waals surface area contributed by atoms with Gasteiger partial charge in [0.15, 0.2) is 5.96 Å². The summed E-state index contributed by atoms with van der Waals surface area (Å²) in [7, 11) is 1.76. The van der Waals surface area contributed by atoms with Gasteiger partial charge in [-0.3, -0.25) is 9.67 Å². The molecule has 0 spiro atoms. The molecule has 3 rings (SSSR count). The van der Waals surface area contributed by atoms with E-state index in [1.807, 2.05) is 41.2 Å². The van der Waals surface area contributed by atoms with Gasteiger partial charge in [-0.1, -0.05) is 24.6 Å². The minimum absolute atomic E-state index is 0.420. The van der Waals surface area contributed by atoms with Crippen molar-refractivity contribution in [1.82, 2.24) is 25.4 Å². The number of nitrogens with one attached hydrogen (secondary N) is 2. The van der Waals surface area contributed by atoms with Gasteiger partial charge in [0.2, 0.25) is 5.89 Å². The van der Waals surface area contributed by atoms with Crippen LogP contribution in [-0.2, 0) is 13.1 Å². The van der Waals surface area contributed by atoms with Crippen LogP contribution in [0.15, 0.2) is 58.4 Å². The molecule has 2 heterocycles. The zero-order valence-electron chi connectivity index (χ0n) is 16.0. The van der Waals surface area contributed by atoms with Crippen LogP contribution in [0.2, 0.25) is 0 Å². The first kappa shape index (κ1) is 18.7. The Hall–Kier alpha value is -3.09. The number of aryl methyl sites for hydroxylation is 1. The normalized spacial score (nSPS) is 12.8. The number of hydrogen-bond acceptors (Lipinski definition) is 4. The van der Waals surface area contributed by atoms with Crippen LogP contribution >= 0.6 is 0 Å². The SMILES string of the molecule is CN=C(NCc1coc(-c2ccc(C)cc2)n1)NCC(C)Cn1cccn1. The number of aliphatic imine (C=N–C) groups is 1. The fourth-order valence-corrected chi connectivity index (χ4v) is 2.68. The Labute approximate surface area is 159 Å². The predicted octanol–water partition coefficient (Wildman–Crippen LogP) is 2.85. The molecule has 1 atom stereocenters. The van der Waals surface area contributed by atoms with Crippen LogP contribution in [0, 0.1) is 12.8 Å². The van der Waals surface area contributed by atoms with Gasteiger partial charge in [0.1, 0.15) is 6.26 Å². The minimum Gasteiger partial charge on any atom is -0.444 e. The van der Waals surface area contributed by atoms with Crippen molar-refractivity contribution in [2.24, 2.45) is 10.9 Å². The molecule has 0 radical (unpaired) electrons. The summed E-state index contributed by atoms with van der Waals surface area (Å²) in [5.74, 6) is 1.79. The van der Waals surface area contributed by atoms with Crippen LogP contribution in [-0.4, -0.2) is 34.3 Å². The van der Waals surface area contributed by atoms with Gasteiger partial charge in [0, 0.05) is 38.1 Å². The van der Waals surface area contributed by atoms with Gasteiger partial charge in [-0.05, 0) is 31.0 Å². The highest BCUT2D eigenvalue weighted by Crippen LogP contribution is 2.18. The maximum atomic E-state index is 5.59. The second-order valence-corrected chi connectivity index (χ2v) is 6.65. The molecule has 0 aliphatic carbocycles. The van der Waals surface area contributed by atoms with Gasteiger partial charge in [-0.2, -0.15) is 5.10 Å². The molecule has 2 N–H and O–H groups in total. The Morgan fingerprint density at radius 1 is 1.26 bits per heavy atom. The highest BCUT2D eigenvalue weighted by Gasteiger charge is 2.08. The van der Waals surface area contributed by atoms with Crippen LogP contribution < -0.4 is 10.6 Å². The van der Waals surface area contributed by atoms with E-state index in [0.717, 1.165) is 30.3 Å². The average molecular weight is 366 g/mol. The Morgan fingerprint density at radius 2 is 2.07 bits per heavy atom. The molecule has 0 saturated carbocycles. The molecular weight excluding hydrogens is 340 g/mol. The summed E-state index contributed by atoms with van der Waals surface area (Å²) in [6, 6.07) is 10.1. The quantitative estimate of drug-likeness (QED) is 0.496. The monoisotopic (exact) mass is 366 g/mol. The Bertz CT molecular complexity index is 851. The van der Waals surface area contributed by atoms with Gasteiger partial charge in [0.05, 0.1) is 12.2 Å². The zero-order chi connectivity index (χ0) is 19.1. The maximum Gasteiger partial charge on any atom is 0.226 e. The number of guanidine groups is 1. The van der Waals surface area contributed by atoms with Crippen molar-refractivity contribution in [1.29, 1.82) is 0 Å². The summed E-state index contributed by atoms with van der Waals surface area (Å²) in [4.78, 5) is 8.80. The molecule has 1 unspecified atom stereocenters. The van der Waals surface area contributed by atoms with Crippen LogP contribution in [0.5, 0.6) is 0 Å². The first-order chi connectivity index (χ1) is 13.1. The van der Waals surface area contributed by atoms with Gasteiger partial charge in [0.25, 0.3) is 0 Å². The minimum atomic E-state index is 0.420. The van der Waals surface area contributed by atoms with Crippen molar-refractivity contribution in [2.45, 2.75) is 26.9 Å². The molecule has 0 aliphatic rings. The molecule has 0 saturated heterocycles. The lowest BCUT2D eigenvalue weighted by Gasteiger charge is -2.15. The van der Waals surface area contributed by atoms with Crippen LogP contribution in [0.1, 0.15) is 18.2 Å². The molecular formula is C20H26N6O. The molecule has 3 aromatic rings. The third-order valence-electron chi connectivity index (χ3n) is 4.19. The lowest BCUT2D eigenvalue weighted by atomic mass is 10.1. The molecule has 0 amide bonds. The average Bonchev–Trinajstić information content (AvgIpc) is 3.34. The number of rotatable bonds is 7. The summed E-state index contributed by atoms with van der Waals surface area (Å²) in [5, 5.41) is 10.8. The number of oxazole rings is 1. The summed E-state index contributed by atoms with van der Waals surface area (Å²) in [5.41, 5.74) is 3.02. The molecule has 142 valence electrons. The standard InChI is InChI=1S/C20H26N6O/c1-15-5-7-17(8-6-15)19-25-18(14-27-19)12-23-20(21-3)22-11-16(2)13-26-10-4-9-24-26/h4-10,14,16H,11-13H2,1-3H3,(H2,21,22,23). The fraction of sp³-hybridized carbons (Fsp3) is 0.350. The van der Waals surface area contributed by atoms with Crippen molar-refractivity contribution in [3.05, 3.63) is 60.2 Å². The lowest BCUT2D eigenvalue weighted by Crippen LogP contribution is -2.39. The lowest BCUT2D eigenvalue weighted by molar-refractivity contribution is 0.443. The first-order valence-corrected chi connectivity index (χ1v) is 9.07. The van der Waals surface area contributed by atoms with Gasteiger partial charge in [-0.15, -0.1) is 0 Å². The highest BCUT2D eigenvalue weighted by atomic mass is 16.3. The summed E-state index contributed by atoms with van der Waals surface area (Å²) in [6.45, 7) is 6.44. The molecule has 0 bridgehead atoms. The fourth-order valence-electron chi connectivity index (χ4n) is 2.68. The van der Waals surface area contributed by atoms with E-state index in [0.29, 0.717) is 18.4 Å². The molecule has 2 aromatic heterocycles. The van der Waals surface area contributed by atoms with Crippen molar-refractivity contribution < 1.29 is 4.42 Å². The Kier molecular flexibility index (Phi) is 6.25. The van der Waals surface area contributed by atoms with E-state index in [9.17, 15) is 0 Å². The van der Waals surface area contributed by atoms with E-state index in [1.54, 1.807) is 19.5 Å². The van der Waals surface area contributed by atoms with E-state index >= 15 is 0 Å². The summed E-state index contributed by atoms with van der Waals surface area (Å²) < 4.78 is 7.53. The third-order valence-corrected chi connectivity index (χ3v) is 4.19. The molecule has 1 aromatic carbocycles. The zero-order valence-corrected chi connectivity index (χ0v) is 16.0. The van der Waals surface area contributed by atoms with Gasteiger partial charge >= 0.3 is 0 Å². The second kappa shape index (κ2) is 9.02. The van der Waals surface area contributed by atoms with E-state index in [-0.39, 0.29) is 0 Å². The Balaban J connectivity index is 1.47. The second-order valence-electron chi connectivity index (χ2n) is 6.65. The number of aromatic nitrogens is 3. The summed E-state index contributed by atoms with van der Waals surface area (Å²) >= 11 is 0. The molecule has 7 nitrogen and oxygen atoms in total. The van der Waals surface area contributed by atoms with Crippen LogP contribution in [0.25, 0.3) is 11.5 Å². The van der Waals surface area contributed by atoms with Crippen LogP contribution in [0.3, 0.4) is 0 Å².